The van der Waals surface area contributed by atoms with Crippen molar-refractivity contribution in [3.05, 3.63) is 90.0 Å². The lowest BCUT2D eigenvalue weighted by Crippen LogP contribution is -2.55. The third-order valence-corrected chi connectivity index (χ3v) is 8.17. The van der Waals surface area contributed by atoms with E-state index in [9.17, 15) is 18.0 Å². The molecule has 0 radical (unpaired) electrons. The maximum absolute atomic E-state index is 14.0. The quantitative estimate of drug-likeness (QED) is 0.367. The number of aryl methyl sites for hydroxylation is 1. The molecule has 0 heterocycles. The van der Waals surface area contributed by atoms with Crippen molar-refractivity contribution >= 4 is 27.5 Å². The first kappa shape index (κ1) is 30.7. The van der Waals surface area contributed by atoms with E-state index in [-0.39, 0.29) is 23.0 Å². The summed E-state index contributed by atoms with van der Waals surface area (Å²) in [6.07, 6.45) is 0.499. The van der Waals surface area contributed by atoms with Crippen LogP contribution in [0.1, 0.15) is 38.8 Å². The van der Waals surface area contributed by atoms with Crippen LogP contribution in [0.2, 0.25) is 0 Å². The average Bonchev–Trinajstić information content (AvgIpc) is 2.91. The van der Waals surface area contributed by atoms with E-state index in [1.807, 2.05) is 58.0 Å². The number of hydrogen-bond donors (Lipinski definition) is 1. The number of nitrogens with one attached hydrogen (secondary N) is 1. The number of rotatable bonds is 11. The van der Waals surface area contributed by atoms with Crippen LogP contribution in [0.25, 0.3) is 0 Å². The molecule has 2 amide bonds. The molecule has 9 heteroatoms. The number of benzene rings is 3. The predicted octanol–water partition coefficient (Wildman–Crippen LogP) is 4.57. The molecule has 1 N–H and O–H groups in total. The topological polar surface area (TPSA) is 96.0 Å². The third kappa shape index (κ3) is 7.85. The van der Waals surface area contributed by atoms with Crippen LogP contribution in [0.5, 0.6) is 5.75 Å². The van der Waals surface area contributed by atoms with Crippen molar-refractivity contribution in [2.75, 3.05) is 24.5 Å². The molecule has 0 spiro atoms. The van der Waals surface area contributed by atoms with Gasteiger partial charge >= 0.3 is 0 Å². The molecule has 1 atom stereocenters. The Morgan fingerprint density at radius 3 is 2.12 bits per heavy atom. The van der Waals surface area contributed by atoms with Gasteiger partial charge in [0.2, 0.25) is 11.8 Å². The molecule has 0 unspecified atom stereocenters. The summed E-state index contributed by atoms with van der Waals surface area (Å²) in [6.45, 7) is 8.84. The van der Waals surface area contributed by atoms with Crippen LogP contribution in [-0.2, 0) is 26.0 Å². The molecule has 0 fully saturated rings. The second kappa shape index (κ2) is 13.0. The van der Waals surface area contributed by atoms with E-state index in [1.54, 1.807) is 43.3 Å². The number of amides is 2. The molecule has 40 heavy (non-hydrogen) atoms. The molecule has 0 bridgehead atoms. The van der Waals surface area contributed by atoms with E-state index in [0.717, 1.165) is 15.4 Å². The van der Waals surface area contributed by atoms with Gasteiger partial charge < -0.3 is 15.0 Å². The van der Waals surface area contributed by atoms with Crippen molar-refractivity contribution < 1.29 is 22.7 Å². The first-order valence-electron chi connectivity index (χ1n) is 13.2. The molecular formula is C31H39N3O5S. The molecule has 0 aromatic heterocycles. The van der Waals surface area contributed by atoms with Gasteiger partial charge in [0, 0.05) is 12.1 Å². The summed E-state index contributed by atoms with van der Waals surface area (Å²) in [5.41, 5.74) is 1.63. The zero-order chi connectivity index (χ0) is 29.5. The van der Waals surface area contributed by atoms with Crippen molar-refractivity contribution in [3.8, 4) is 5.75 Å². The molecule has 8 nitrogen and oxygen atoms in total. The van der Waals surface area contributed by atoms with Crippen LogP contribution < -0.4 is 14.4 Å². The van der Waals surface area contributed by atoms with Gasteiger partial charge in [-0.05, 0) is 70.9 Å². The monoisotopic (exact) mass is 565 g/mol. The minimum Gasteiger partial charge on any atom is -0.495 e. The summed E-state index contributed by atoms with van der Waals surface area (Å²) in [4.78, 5) is 28.6. The number of hydrogen-bond acceptors (Lipinski definition) is 5. The molecular weight excluding hydrogens is 526 g/mol. The number of carbonyl (C=O) groups is 2. The highest BCUT2D eigenvalue weighted by Crippen LogP contribution is 2.32. The summed E-state index contributed by atoms with van der Waals surface area (Å²) in [5.74, 6) is -0.520. The zero-order valence-electron chi connectivity index (χ0n) is 24.0. The molecule has 3 rings (SSSR count). The lowest BCUT2D eigenvalue weighted by atomic mass is 10.1. The van der Waals surface area contributed by atoms with E-state index < -0.39 is 34.1 Å². The van der Waals surface area contributed by atoms with Gasteiger partial charge in [-0.25, -0.2) is 8.42 Å². The summed E-state index contributed by atoms with van der Waals surface area (Å²) >= 11 is 0. The average molecular weight is 566 g/mol. The second-order valence-electron chi connectivity index (χ2n) is 10.7. The molecule has 0 aliphatic heterocycles. The summed E-state index contributed by atoms with van der Waals surface area (Å²) in [6, 6.07) is 21.9. The van der Waals surface area contributed by atoms with Crippen molar-refractivity contribution in [2.24, 2.45) is 0 Å². The molecule has 3 aromatic rings. The van der Waals surface area contributed by atoms with E-state index in [2.05, 4.69) is 5.32 Å². The van der Waals surface area contributed by atoms with Gasteiger partial charge in [0.1, 0.15) is 18.3 Å². The summed E-state index contributed by atoms with van der Waals surface area (Å²) in [5, 5.41) is 2.93. The molecule has 0 saturated heterocycles. The smallest absolute Gasteiger partial charge is 0.264 e. The number of carbonyl (C=O) groups excluding carboxylic acids is 2. The number of para-hydroxylation sites is 2. The second-order valence-corrected chi connectivity index (χ2v) is 12.6. The molecule has 214 valence electrons. The first-order valence-corrected chi connectivity index (χ1v) is 14.7. The van der Waals surface area contributed by atoms with Gasteiger partial charge in [-0.15, -0.1) is 0 Å². The largest absolute Gasteiger partial charge is 0.495 e. The lowest BCUT2D eigenvalue weighted by molar-refractivity contribution is -0.139. The Balaban J connectivity index is 2.02. The standard InChI is InChI=1S/C31H39N3O5S/c1-23-16-18-26(19-17-23)40(37,38)34(27-14-10-11-15-28(27)39-6)22-29(35)33(21-20-25-12-8-7-9-13-25)24(2)30(36)32-31(3,4)5/h7-19,24H,20-22H2,1-6H3,(H,32,36)/t24-/m1/s1. The Labute approximate surface area is 238 Å². The van der Waals surface area contributed by atoms with Gasteiger partial charge in [-0.1, -0.05) is 60.2 Å². The van der Waals surface area contributed by atoms with E-state index in [4.69, 9.17) is 4.74 Å². The summed E-state index contributed by atoms with van der Waals surface area (Å²) < 4.78 is 34.5. The Kier molecular flexibility index (Phi) is 9.98. The normalized spacial score (nSPS) is 12.3. The number of nitrogens with zero attached hydrogens (tertiary/aromatic N) is 2. The van der Waals surface area contributed by atoms with Crippen LogP contribution in [0.15, 0.2) is 83.8 Å². The van der Waals surface area contributed by atoms with Crippen molar-refractivity contribution in [1.29, 1.82) is 0 Å². The van der Waals surface area contributed by atoms with E-state index in [0.29, 0.717) is 12.2 Å². The summed E-state index contributed by atoms with van der Waals surface area (Å²) in [7, 11) is -2.72. The van der Waals surface area contributed by atoms with Crippen LogP contribution in [-0.4, -0.2) is 56.9 Å². The number of anilines is 1. The lowest BCUT2D eigenvalue weighted by Gasteiger charge is -2.33. The van der Waals surface area contributed by atoms with Crippen molar-refractivity contribution in [3.63, 3.8) is 0 Å². The van der Waals surface area contributed by atoms with Gasteiger partial charge in [-0.3, -0.25) is 13.9 Å². The highest BCUT2D eigenvalue weighted by Gasteiger charge is 2.34. The maximum atomic E-state index is 14.0. The minimum absolute atomic E-state index is 0.0474. The van der Waals surface area contributed by atoms with E-state index in [1.165, 1.54) is 24.1 Å². The first-order chi connectivity index (χ1) is 18.8. The fourth-order valence-electron chi connectivity index (χ4n) is 4.23. The zero-order valence-corrected chi connectivity index (χ0v) is 24.9. The minimum atomic E-state index is -4.17. The van der Waals surface area contributed by atoms with Crippen LogP contribution >= 0.6 is 0 Å². The van der Waals surface area contributed by atoms with Gasteiger partial charge in [0.15, 0.2) is 0 Å². The van der Waals surface area contributed by atoms with Gasteiger partial charge in [0.25, 0.3) is 10.0 Å². The highest BCUT2D eigenvalue weighted by atomic mass is 32.2. The van der Waals surface area contributed by atoms with Crippen LogP contribution in [0.3, 0.4) is 0 Å². The number of sulfonamides is 1. The molecule has 3 aromatic carbocycles. The van der Waals surface area contributed by atoms with Gasteiger partial charge in [0.05, 0.1) is 17.7 Å². The van der Waals surface area contributed by atoms with Crippen molar-refractivity contribution in [1.82, 2.24) is 10.2 Å². The van der Waals surface area contributed by atoms with Gasteiger partial charge in [-0.2, -0.15) is 0 Å². The SMILES string of the molecule is COc1ccccc1N(CC(=O)N(CCc1ccccc1)[C@H](C)C(=O)NC(C)(C)C)S(=O)(=O)c1ccc(C)cc1. The maximum Gasteiger partial charge on any atom is 0.264 e. The van der Waals surface area contributed by atoms with E-state index >= 15 is 0 Å². The molecule has 0 aliphatic rings. The number of ether oxygens (including phenoxy) is 1. The Morgan fingerprint density at radius 1 is 0.925 bits per heavy atom. The fraction of sp³-hybridized carbons (Fsp3) is 0.355. The Bertz CT molecular complexity index is 1400. The fourth-order valence-corrected chi connectivity index (χ4v) is 5.66. The molecule has 0 aliphatic carbocycles. The number of methoxy groups -OCH3 is 1. The third-order valence-electron chi connectivity index (χ3n) is 6.39. The predicted molar refractivity (Wildman–Crippen MR) is 158 cm³/mol. The Hall–Kier alpha value is -3.85. The van der Waals surface area contributed by atoms with Crippen LogP contribution in [0.4, 0.5) is 5.69 Å². The van der Waals surface area contributed by atoms with Crippen LogP contribution in [0, 0.1) is 6.92 Å². The molecule has 0 saturated carbocycles. The van der Waals surface area contributed by atoms with Crippen molar-refractivity contribution in [2.45, 2.75) is 57.5 Å². The highest BCUT2D eigenvalue weighted by molar-refractivity contribution is 7.92. The Morgan fingerprint density at radius 2 is 1.52 bits per heavy atom.